The minimum Gasteiger partial charge on any atom is -0.440 e. The lowest BCUT2D eigenvalue weighted by Gasteiger charge is -2.31. The summed E-state index contributed by atoms with van der Waals surface area (Å²) in [4.78, 5) is 34.4. The Morgan fingerprint density at radius 1 is 1.18 bits per heavy atom. The summed E-state index contributed by atoms with van der Waals surface area (Å²) in [5, 5.41) is 0. The average Bonchev–Trinajstić information content (AvgIpc) is 3.29. The van der Waals surface area contributed by atoms with Crippen molar-refractivity contribution in [2.75, 3.05) is 13.1 Å². The summed E-state index contributed by atoms with van der Waals surface area (Å²) < 4.78 is 7.41. The van der Waals surface area contributed by atoms with Crippen LogP contribution >= 0.6 is 0 Å². The number of aromatic amines is 1. The van der Waals surface area contributed by atoms with Crippen LogP contribution in [0.4, 0.5) is 0 Å². The van der Waals surface area contributed by atoms with Gasteiger partial charge in [0.2, 0.25) is 5.91 Å². The minimum atomic E-state index is -0.262. The van der Waals surface area contributed by atoms with Crippen LogP contribution in [0.15, 0.2) is 57.7 Å². The Balaban J connectivity index is 1.36. The van der Waals surface area contributed by atoms with Crippen LogP contribution < -0.4 is 5.69 Å². The van der Waals surface area contributed by atoms with Crippen LogP contribution in [-0.2, 0) is 11.3 Å². The van der Waals surface area contributed by atoms with Crippen molar-refractivity contribution in [1.82, 2.24) is 19.4 Å². The van der Waals surface area contributed by atoms with Crippen LogP contribution in [0.1, 0.15) is 24.7 Å². The highest BCUT2D eigenvalue weighted by Gasteiger charge is 2.28. The molecular weight excluding hydrogens is 356 g/mol. The smallest absolute Gasteiger partial charge is 0.326 e. The number of aromatic nitrogens is 3. The molecular formula is C21H20N4O3. The molecule has 4 aromatic rings. The van der Waals surface area contributed by atoms with Gasteiger partial charge in [0.05, 0.1) is 17.0 Å². The fraction of sp³-hybridized carbons (Fsp3) is 0.286. The van der Waals surface area contributed by atoms with Gasteiger partial charge in [0.1, 0.15) is 12.1 Å². The van der Waals surface area contributed by atoms with Gasteiger partial charge < -0.3 is 14.3 Å². The highest BCUT2D eigenvalue weighted by Crippen LogP contribution is 2.29. The predicted molar refractivity (Wildman–Crippen MR) is 105 cm³/mol. The lowest BCUT2D eigenvalue weighted by Crippen LogP contribution is -2.42. The molecule has 1 unspecified atom stereocenters. The summed E-state index contributed by atoms with van der Waals surface area (Å²) in [5.74, 6) is 0.695. The SMILES string of the molecule is O=C(Cn1c(=O)[nH]c2ccccc21)N1CCCC(c2nc3ccccc3o2)C1. The van der Waals surface area contributed by atoms with Crippen LogP contribution in [-0.4, -0.2) is 38.4 Å². The maximum atomic E-state index is 12.9. The number of carbonyl (C=O) groups excluding carboxylic acids is 1. The largest absolute Gasteiger partial charge is 0.440 e. The van der Waals surface area contributed by atoms with Crippen molar-refractivity contribution in [2.24, 2.45) is 0 Å². The Labute approximate surface area is 160 Å². The van der Waals surface area contributed by atoms with Gasteiger partial charge >= 0.3 is 5.69 Å². The van der Waals surface area contributed by atoms with Crippen molar-refractivity contribution < 1.29 is 9.21 Å². The van der Waals surface area contributed by atoms with E-state index in [-0.39, 0.29) is 24.1 Å². The first-order chi connectivity index (χ1) is 13.7. The summed E-state index contributed by atoms with van der Waals surface area (Å²) in [6.45, 7) is 1.28. The molecule has 3 heterocycles. The first-order valence-electron chi connectivity index (χ1n) is 9.50. The molecule has 1 N–H and O–H groups in total. The van der Waals surface area contributed by atoms with Crippen molar-refractivity contribution in [3.63, 3.8) is 0 Å². The Morgan fingerprint density at radius 2 is 2.00 bits per heavy atom. The number of hydrogen-bond donors (Lipinski definition) is 1. The van der Waals surface area contributed by atoms with Crippen molar-refractivity contribution in [3.8, 4) is 0 Å². The van der Waals surface area contributed by atoms with Crippen molar-refractivity contribution in [1.29, 1.82) is 0 Å². The molecule has 7 nitrogen and oxygen atoms in total. The predicted octanol–water partition coefficient (Wildman–Crippen LogP) is 2.88. The monoisotopic (exact) mass is 376 g/mol. The number of amides is 1. The summed E-state index contributed by atoms with van der Waals surface area (Å²) in [7, 11) is 0. The number of para-hydroxylation sites is 4. The zero-order valence-electron chi connectivity index (χ0n) is 15.3. The quantitative estimate of drug-likeness (QED) is 0.596. The molecule has 142 valence electrons. The van der Waals surface area contributed by atoms with Gasteiger partial charge in [-0.05, 0) is 37.1 Å². The van der Waals surface area contributed by atoms with Gasteiger partial charge in [-0.3, -0.25) is 9.36 Å². The van der Waals surface area contributed by atoms with Gasteiger partial charge in [0.15, 0.2) is 11.5 Å². The number of likely N-dealkylation sites (tertiary alicyclic amines) is 1. The number of benzene rings is 2. The molecule has 1 saturated heterocycles. The van der Waals surface area contributed by atoms with Crippen LogP contribution in [0.2, 0.25) is 0 Å². The number of H-pyrrole nitrogens is 1. The molecule has 0 aliphatic carbocycles. The van der Waals surface area contributed by atoms with E-state index in [1.165, 1.54) is 4.57 Å². The molecule has 5 rings (SSSR count). The lowest BCUT2D eigenvalue weighted by atomic mass is 9.98. The third kappa shape index (κ3) is 2.89. The fourth-order valence-electron chi connectivity index (χ4n) is 3.97. The van der Waals surface area contributed by atoms with Gasteiger partial charge in [-0.1, -0.05) is 24.3 Å². The average molecular weight is 376 g/mol. The van der Waals surface area contributed by atoms with E-state index < -0.39 is 0 Å². The number of nitrogens with zero attached hydrogens (tertiary/aromatic N) is 3. The number of rotatable bonds is 3. The van der Waals surface area contributed by atoms with E-state index in [9.17, 15) is 9.59 Å². The van der Waals surface area contributed by atoms with E-state index in [0.717, 1.165) is 35.0 Å². The Hall–Kier alpha value is -3.35. The molecule has 28 heavy (non-hydrogen) atoms. The molecule has 0 bridgehead atoms. The van der Waals surface area contributed by atoms with E-state index in [0.29, 0.717) is 19.0 Å². The summed E-state index contributed by atoms with van der Waals surface area (Å²) in [6.07, 6.45) is 1.82. The summed E-state index contributed by atoms with van der Waals surface area (Å²) in [5.41, 5.74) is 2.83. The van der Waals surface area contributed by atoms with E-state index in [2.05, 4.69) is 9.97 Å². The first kappa shape index (κ1) is 16.8. The molecule has 7 heteroatoms. The number of carbonyl (C=O) groups is 1. The Bertz CT molecular complexity index is 1190. The number of hydrogen-bond acceptors (Lipinski definition) is 4. The molecule has 2 aromatic heterocycles. The number of nitrogens with one attached hydrogen (secondary N) is 1. The Kier molecular flexibility index (Phi) is 4.00. The topological polar surface area (TPSA) is 84.1 Å². The second-order valence-corrected chi connectivity index (χ2v) is 7.23. The van der Waals surface area contributed by atoms with E-state index in [1.807, 2.05) is 53.4 Å². The molecule has 1 aliphatic rings. The van der Waals surface area contributed by atoms with Gasteiger partial charge in [0.25, 0.3) is 0 Å². The highest BCUT2D eigenvalue weighted by molar-refractivity contribution is 5.80. The van der Waals surface area contributed by atoms with Crippen LogP contribution in [0.5, 0.6) is 0 Å². The second-order valence-electron chi connectivity index (χ2n) is 7.23. The van der Waals surface area contributed by atoms with E-state index in [1.54, 1.807) is 0 Å². The standard InChI is InChI=1S/C21H20N4O3/c26-19(13-25-17-9-3-1-7-15(17)23-21(25)27)24-11-5-6-14(12-24)20-22-16-8-2-4-10-18(16)28-20/h1-4,7-10,14H,5-6,11-13H2,(H,23,27). The maximum Gasteiger partial charge on any atom is 0.326 e. The van der Waals surface area contributed by atoms with Crippen LogP contribution in [0.3, 0.4) is 0 Å². The van der Waals surface area contributed by atoms with Crippen LogP contribution in [0.25, 0.3) is 22.1 Å². The van der Waals surface area contributed by atoms with Crippen LogP contribution in [0, 0.1) is 0 Å². The van der Waals surface area contributed by atoms with Gasteiger partial charge in [-0.15, -0.1) is 0 Å². The normalized spacial score (nSPS) is 17.4. The molecule has 1 fully saturated rings. The van der Waals surface area contributed by atoms with Crippen molar-refractivity contribution in [2.45, 2.75) is 25.3 Å². The molecule has 0 radical (unpaired) electrons. The third-order valence-corrected chi connectivity index (χ3v) is 5.41. The van der Waals surface area contributed by atoms with E-state index >= 15 is 0 Å². The van der Waals surface area contributed by atoms with E-state index in [4.69, 9.17) is 4.42 Å². The molecule has 1 amide bonds. The Morgan fingerprint density at radius 3 is 2.89 bits per heavy atom. The maximum absolute atomic E-state index is 12.9. The molecule has 0 spiro atoms. The minimum absolute atomic E-state index is 0.0309. The van der Waals surface area contributed by atoms with Gasteiger partial charge in [0, 0.05) is 13.1 Å². The summed E-state index contributed by atoms with van der Waals surface area (Å²) >= 11 is 0. The fourth-order valence-corrected chi connectivity index (χ4v) is 3.97. The number of imidazole rings is 1. The number of oxazole rings is 1. The van der Waals surface area contributed by atoms with Crippen molar-refractivity contribution in [3.05, 3.63) is 64.9 Å². The lowest BCUT2D eigenvalue weighted by molar-refractivity contribution is -0.133. The second kappa shape index (κ2) is 6.67. The number of fused-ring (bicyclic) bond motifs is 2. The van der Waals surface area contributed by atoms with Gasteiger partial charge in [-0.25, -0.2) is 9.78 Å². The molecule has 1 atom stereocenters. The van der Waals surface area contributed by atoms with Gasteiger partial charge in [-0.2, -0.15) is 0 Å². The zero-order valence-corrected chi connectivity index (χ0v) is 15.3. The number of piperidine rings is 1. The summed E-state index contributed by atoms with van der Waals surface area (Å²) in [6, 6.07) is 15.1. The zero-order chi connectivity index (χ0) is 19.1. The van der Waals surface area contributed by atoms with Crippen molar-refractivity contribution >= 4 is 28.0 Å². The molecule has 2 aromatic carbocycles. The highest BCUT2D eigenvalue weighted by atomic mass is 16.3. The molecule has 0 saturated carbocycles. The third-order valence-electron chi connectivity index (χ3n) is 5.41. The molecule has 1 aliphatic heterocycles. The first-order valence-corrected chi connectivity index (χ1v) is 9.50.